The Kier molecular flexibility index (Phi) is 10.8. The monoisotopic (exact) mass is 535 g/mol. The van der Waals surface area contributed by atoms with E-state index in [0.717, 1.165) is 29.4 Å². The van der Waals surface area contributed by atoms with E-state index in [9.17, 15) is 18.0 Å². The number of amides is 2. The normalized spacial score (nSPS) is 13.1. The summed E-state index contributed by atoms with van der Waals surface area (Å²) in [4.78, 5) is 27.7. The second kappa shape index (κ2) is 13.1. The SMILES string of the molecule is CC[C@@H](C)NC(=O)[C@H](C)N(Cc1ccc(Cl)cc1)C(=O)CCCN(c1ccc(C)c(C)c1)S(C)(=O)=O. The molecule has 0 radical (unpaired) electrons. The number of carbonyl (C=O) groups excluding carboxylic acids is 2. The molecule has 9 heteroatoms. The zero-order valence-corrected chi connectivity index (χ0v) is 23.6. The highest BCUT2D eigenvalue weighted by molar-refractivity contribution is 7.92. The molecule has 2 aromatic rings. The fourth-order valence-corrected chi connectivity index (χ4v) is 4.80. The van der Waals surface area contributed by atoms with Crippen LogP contribution in [-0.4, -0.2) is 50.0 Å². The van der Waals surface area contributed by atoms with Gasteiger partial charge in [0.1, 0.15) is 6.04 Å². The van der Waals surface area contributed by atoms with Gasteiger partial charge in [-0.05, 0) is 81.5 Å². The van der Waals surface area contributed by atoms with Gasteiger partial charge in [0.2, 0.25) is 21.8 Å². The molecule has 2 amide bonds. The van der Waals surface area contributed by atoms with E-state index < -0.39 is 16.1 Å². The van der Waals surface area contributed by atoms with Crippen molar-refractivity contribution in [3.8, 4) is 0 Å². The molecular weight excluding hydrogens is 498 g/mol. The maximum atomic E-state index is 13.3. The van der Waals surface area contributed by atoms with E-state index in [1.165, 1.54) is 4.31 Å². The van der Waals surface area contributed by atoms with Crippen molar-refractivity contribution in [2.45, 2.75) is 72.5 Å². The van der Waals surface area contributed by atoms with Crippen LogP contribution >= 0.6 is 11.6 Å². The molecule has 0 spiro atoms. The quantitative estimate of drug-likeness (QED) is 0.421. The third-order valence-corrected chi connectivity index (χ3v) is 7.81. The lowest BCUT2D eigenvalue weighted by molar-refractivity contribution is -0.140. The van der Waals surface area contributed by atoms with Gasteiger partial charge in [0.15, 0.2) is 0 Å². The number of anilines is 1. The van der Waals surface area contributed by atoms with Crippen LogP contribution in [-0.2, 0) is 26.2 Å². The van der Waals surface area contributed by atoms with E-state index in [1.54, 1.807) is 30.0 Å². The van der Waals surface area contributed by atoms with Crippen molar-refractivity contribution in [1.29, 1.82) is 0 Å². The number of nitrogens with one attached hydrogen (secondary N) is 1. The van der Waals surface area contributed by atoms with Crippen molar-refractivity contribution in [3.05, 3.63) is 64.2 Å². The maximum absolute atomic E-state index is 13.3. The molecule has 0 heterocycles. The molecule has 0 unspecified atom stereocenters. The summed E-state index contributed by atoms with van der Waals surface area (Å²) >= 11 is 6.00. The number of aryl methyl sites for hydroxylation is 2. The first kappa shape index (κ1) is 29.6. The second-order valence-electron chi connectivity index (χ2n) is 9.35. The van der Waals surface area contributed by atoms with Gasteiger partial charge in [-0.3, -0.25) is 13.9 Å². The van der Waals surface area contributed by atoms with Crippen molar-refractivity contribution in [2.75, 3.05) is 17.1 Å². The van der Waals surface area contributed by atoms with Crippen LogP contribution in [0.25, 0.3) is 0 Å². The minimum atomic E-state index is -3.53. The van der Waals surface area contributed by atoms with Gasteiger partial charge >= 0.3 is 0 Å². The molecule has 36 heavy (non-hydrogen) atoms. The maximum Gasteiger partial charge on any atom is 0.242 e. The molecule has 198 valence electrons. The molecule has 0 aliphatic heterocycles. The smallest absolute Gasteiger partial charge is 0.242 e. The topological polar surface area (TPSA) is 86.8 Å². The summed E-state index contributed by atoms with van der Waals surface area (Å²) in [7, 11) is -3.53. The lowest BCUT2D eigenvalue weighted by atomic mass is 10.1. The molecule has 2 rings (SSSR count). The number of carbonyl (C=O) groups is 2. The molecule has 7 nitrogen and oxygen atoms in total. The van der Waals surface area contributed by atoms with Crippen LogP contribution in [0.15, 0.2) is 42.5 Å². The van der Waals surface area contributed by atoms with E-state index in [4.69, 9.17) is 11.6 Å². The molecule has 0 saturated carbocycles. The van der Waals surface area contributed by atoms with E-state index in [2.05, 4.69) is 5.32 Å². The van der Waals surface area contributed by atoms with Crippen LogP contribution in [0.2, 0.25) is 5.02 Å². The molecule has 2 atom stereocenters. The number of rotatable bonds is 12. The lowest BCUT2D eigenvalue weighted by Gasteiger charge is -2.30. The molecule has 0 saturated heterocycles. The number of benzene rings is 2. The molecule has 0 fully saturated rings. The van der Waals surface area contributed by atoms with Crippen molar-refractivity contribution < 1.29 is 18.0 Å². The summed E-state index contributed by atoms with van der Waals surface area (Å²) in [6.07, 6.45) is 2.36. The fraction of sp³-hybridized carbons (Fsp3) is 0.481. The van der Waals surface area contributed by atoms with E-state index in [1.807, 2.05) is 52.0 Å². The van der Waals surface area contributed by atoms with Crippen LogP contribution in [0.4, 0.5) is 5.69 Å². The minimum Gasteiger partial charge on any atom is -0.352 e. The van der Waals surface area contributed by atoms with Gasteiger partial charge in [-0.15, -0.1) is 0 Å². The average molecular weight is 536 g/mol. The van der Waals surface area contributed by atoms with Crippen molar-refractivity contribution in [2.24, 2.45) is 0 Å². The number of nitrogens with zero attached hydrogens (tertiary/aromatic N) is 2. The molecular formula is C27H38ClN3O4S. The zero-order valence-electron chi connectivity index (χ0n) is 22.0. The summed E-state index contributed by atoms with van der Waals surface area (Å²) in [5.41, 5.74) is 3.49. The molecule has 0 aliphatic rings. The number of sulfonamides is 1. The van der Waals surface area contributed by atoms with Crippen LogP contribution < -0.4 is 9.62 Å². The summed E-state index contributed by atoms with van der Waals surface area (Å²) in [5, 5.41) is 3.53. The van der Waals surface area contributed by atoms with Crippen molar-refractivity contribution in [1.82, 2.24) is 10.2 Å². The summed E-state index contributed by atoms with van der Waals surface area (Å²) in [5.74, 6) is -0.440. The third-order valence-electron chi connectivity index (χ3n) is 6.37. The van der Waals surface area contributed by atoms with Gasteiger partial charge in [-0.1, -0.05) is 36.7 Å². The number of halogens is 1. The van der Waals surface area contributed by atoms with E-state index >= 15 is 0 Å². The summed E-state index contributed by atoms with van der Waals surface area (Å²) in [6, 6.07) is 12.0. The predicted molar refractivity (Wildman–Crippen MR) is 147 cm³/mol. The Labute approximate surface area is 220 Å². The second-order valence-corrected chi connectivity index (χ2v) is 11.7. The van der Waals surface area contributed by atoms with Gasteiger partial charge in [0.25, 0.3) is 0 Å². The van der Waals surface area contributed by atoms with Crippen molar-refractivity contribution >= 4 is 39.1 Å². The van der Waals surface area contributed by atoms with Gasteiger partial charge in [0.05, 0.1) is 11.9 Å². The zero-order chi connectivity index (χ0) is 27.0. The highest BCUT2D eigenvalue weighted by atomic mass is 35.5. The molecule has 0 bridgehead atoms. The Bertz CT molecular complexity index is 1150. The molecule has 0 aliphatic carbocycles. The molecule has 2 aromatic carbocycles. The Hall–Kier alpha value is -2.58. The van der Waals surface area contributed by atoms with Crippen LogP contribution in [0, 0.1) is 13.8 Å². The fourth-order valence-electron chi connectivity index (χ4n) is 3.72. The van der Waals surface area contributed by atoms with E-state index in [-0.39, 0.29) is 37.4 Å². The van der Waals surface area contributed by atoms with Gasteiger partial charge in [0, 0.05) is 30.6 Å². The molecule has 0 aromatic heterocycles. The predicted octanol–water partition coefficient (Wildman–Crippen LogP) is 4.84. The highest BCUT2D eigenvalue weighted by Gasteiger charge is 2.27. The standard InChI is InChI=1S/C27H38ClN3O4S/c1-7-21(4)29-27(33)22(5)30(18-23-11-13-24(28)14-12-23)26(32)9-8-16-31(36(6,34)35)25-15-10-19(2)20(3)17-25/h10-15,17,21-22H,7-9,16,18H2,1-6H3,(H,29,33)/t21-,22+/m1/s1. The Morgan fingerprint density at radius 1 is 1.03 bits per heavy atom. The van der Waals surface area contributed by atoms with Gasteiger partial charge < -0.3 is 10.2 Å². The first-order valence-corrected chi connectivity index (χ1v) is 14.4. The van der Waals surface area contributed by atoms with Crippen LogP contribution in [0.1, 0.15) is 56.7 Å². The summed E-state index contributed by atoms with van der Waals surface area (Å²) in [6.45, 7) is 9.92. The van der Waals surface area contributed by atoms with E-state index in [0.29, 0.717) is 17.1 Å². The summed E-state index contributed by atoms with van der Waals surface area (Å²) < 4.78 is 26.3. The Morgan fingerprint density at radius 3 is 2.22 bits per heavy atom. The van der Waals surface area contributed by atoms with Crippen molar-refractivity contribution in [3.63, 3.8) is 0 Å². The van der Waals surface area contributed by atoms with Crippen LogP contribution in [0.3, 0.4) is 0 Å². The Balaban J connectivity index is 2.18. The van der Waals surface area contributed by atoms with Gasteiger partial charge in [-0.2, -0.15) is 0 Å². The average Bonchev–Trinajstić information content (AvgIpc) is 2.81. The number of hydrogen-bond acceptors (Lipinski definition) is 4. The highest BCUT2D eigenvalue weighted by Crippen LogP contribution is 2.22. The van der Waals surface area contributed by atoms with Gasteiger partial charge in [-0.25, -0.2) is 8.42 Å². The first-order valence-electron chi connectivity index (χ1n) is 12.2. The minimum absolute atomic E-state index is 0.00582. The first-order chi connectivity index (χ1) is 16.8. The lowest BCUT2D eigenvalue weighted by Crippen LogP contribution is -2.49. The Morgan fingerprint density at radius 2 is 1.67 bits per heavy atom. The third kappa shape index (κ3) is 8.52. The number of hydrogen-bond donors (Lipinski definition) is 1. The largest absolute Gasteiger partial charge is 0.352 e. The van der Waals surface area contributed by atoms with Crippen LogP contribution in [0.5, 0.6) is 0 Å². The molecule has 1 N–H and O–H groups in total.